The van der Waals surface area contributed by atoms with E-state index in [1.54, 1.807) is 0 Å². The number of hydrogen-bond acceptors (Lipinski definition) is 2. The Labute approximate surface area is 152 Å². The van der Waals surface area contributed by atoms with Crippen LogP contribution in [0.25, 0.3) is 0 Å². The molecule has 0 aliphatic heterocycles. The molecule has 0 heterocycles. The molecule has 0 spiro atoms. The van der Waals surface area contributed by atoms with Gasteiger partial charge in [0.2, 0.25) is 0 Å². The summed E-state index contributed by atoms with van der Waals surface area (Å²) in [5, 5.41) is 9.80. The van der Waals surface area contributed by atoms with Gasteiger partial charge in [0.15, 0.2) is 5.78 Å². The first-order chi connectivity index (χ1) is 12.2. The summed E-state index contributed by atoms with van der Waals surface area (Å²) in [7, 11) is 0. The Bertz CT molecular complexity index is 653. The molecule has 4 fully saturated rings. The number of carbonyl (C=O) groups is 1. The van der Waals surface area contributed by atoms with Gasteiger partial charge in [0.25, 0.3) is 0 Å². The standard InChI is InChI=1S/C23H31NO/c1-2-23-10-9-19-18-7-6-17(25)11-15(18)12-20(14-3-4-14)22(19)21(23)8-5-16(23)13-24/h11,14,16,18-22H,2-10,12H2,1H3/t16-,18+,19-,20-,21+,22+,23-/m1/s1. The maximum Gasteiger partial charge on any atom is 0.155 e. The highest BCUT2D eigenvalue weighted by atomic mass is 16.1. The molecule has 0 saturated heterocycles. The lowest BCUT2D eigenvalue weighted by Gasteiger charge is -2.57. The third kappa shape index (κ3) is 2.23. The predicted molar refractivity (Wildman–Crippen MR) is 97.4 cm³/mol. The number of carbonyl (C=O) groups excluding carboxylic acids is 1. The highest BCUT2D eigenvalue weighted by Crippen LogP contribution is 2.68. The summed E-state index contributed by atoms with van der Waals surface area (Å²) >= 11 is 0. The Kier molecular flexibility index (Phi) is 3.67. The fourth-order valence-corrected chi connectivity index (χ4v) is 7.99. The molecule has 0 aromatic carbocycles. The number of ketones is 1. The molecule has 4 saturated carbocycles. The van der Waals surface area contributed by atoms with Crippen molar-refractivity contribution < 1.29 is 4.79 Å². The van der Waals surface area contributed by atoms with Crippen LogP contribution in [-0.2, 0) is 4.79 Å². The smallest absolute Gasteiger partial charge is 0.155 e. The highest BCUT2D eigenvalue weighted by molar-refractivity contribution is 5.91. The van der Waals surface area contributed by atoms with Crippen LogP contribution in [0.15, 0.2) is 11.6 Å². The summed E-state index contributed by atoms with van der Waals surface area (Å²) in [4.78, 5) is 12.0. The molecule has 0 aromatic heterocycles. The Balaban J connectivity index is 1.54. The second-order valence-corrected chi connectivity index (χ2v) is 9.77. The largest absolute Gasteiger partial charge is 0.295 e. The average Bonchev–Trinajstić information content (AvgIpc) is 3.40. The van der Waals surface area contributed by atoms with Crippen LogP contribution in [0.3, 0.4) is 0 Å². The molecular weight excluding hydrogens is 306 g/mol. The monoisotopic (exact) mass is 337 g/mol. The second kappa shape index (κ2) is 5.70. The molecule has 2 heteroatoms. The molecule has 2 nitrogen and oxygen atoms in total. The van der Waals surface area contributed by atoms with Gasteiger partial charge in [0.1, 0.15) is 0 Å². The Hall–Kier alpha value is -1.10. The van der Waals surface area contributed by atoms with E-state index in [0.717, 1.165) is 48.9 Å². The van der Waals surface area contributed by atoms with Crippen LogP contribution in [0.5, 0.6) is 0 Å². The van der Waals surface area contributed by atoms with E-state index in [9.17, 15) is 10.1 Å². The van der Waals surface area contributed by atoms with Crippen LogP contribution in [0.2, 0.25) is 0 Å². The van der Waals surface area contributed by atoms with E-state index in [1.807, 2.05) is 6.08 Å². The van der Waals surface area contributed by atoms with Gasteiger partial charge in [-0.3, -0.25) is 4.79 Å². The van der Waals surface area contributed by atoms with Gasteiger partial charge >= 0.3 is 0 Å². The molecule has 0 radical (unpaired) electrons. The lowest BCUT2D eigenvalue weighted by atomic mass is 9.47. The van der Waals surface area contributed by atoms with Crippen LogP contribution in [0, 0.1) is 58.2 Å². The molecule has 0 bridgehead atoms. The van der Waals surface area contributed by atoms with Gasteiger partial charge in [-0.25, -0.2) is 0 Å². The highest BCUT2D eigenvalue weighted by Gasteiger charge is 2.61. The summed E-state index contributed by atoms with van der Waals surface area (Å²) < 4.78 is 0. The molecular formula is C23H31NO. The van der Waals surface area contributed by atoms with E-state index in [0.29, 0.717) is 23.0 Å². The number of hydrogen-bond donors (Lipinski definition) is 0. The predicted octanol–water partition coefficient (Wildman–Crippen LogP) is 5.29. The van der Waals surface area contributed by atoms with Crippen LogP contribution >= 0.6 is 0 Å². The first-order valence-electron chi connectivity index (χ1n) is 10.8. The topological polar surface area (TPSA) is 40.9 Å². The van der Waals surface area contributed by atoms with E-state index in [-0.39, 0.29) is 0 Å². The van der Waals surface area contributed by atoms with Gasteiger partial charge < -0.3 is 0 Å². The average molecular weight is 338 g/mol. The number of nitriles is 1. The van der Waals surface area contributed by atoms with E-state index in [2.05, 4.69) is 13.0 Å². The van der Waals surface area contributed by atoms with Crippen LogP contribution in [-0.4, -0.2) is 5.78 Å². The lowest BCUT2D eigenvalue weighted by Crippen LogP contribution is -2.51. The minimum absolute atomic E-state index is 0.299. The summed E-state index contributed by atoms with van der Waals surface area (Å²) in [5.74, 6) is 5.53. The Morgan fingerprint density at radius 1 is 1.16 bits per heavy atom. The fraction of sp³-hybridized carbons (Fsp3) is 0.826. The maximum atomic E-state index is 12.0. The molecule has 0 aromatic rings. The first-order valence-corrected chi connectivity index (χ1v) is 10.8. The van der Waals surface area contributed by atoms with Crippen LogP contribution in [0.4, 0.5) is 0 Å². The van der Waals surface area contributed by atoms with E-state index in [4.69, 9.17) is 0 Å². The van der Waals surface area contributed by atoms with Crippen molar-refractivity contribution >= 4 is 5.78 Å². The third-order valence-corrected chi connectivity index (χ3v) is 9.15. The van der Waals surface area contributed by atoms with Crippen molar-refractivity contribution in [2.24, 2.45) is 46.8 Å². The number of allylic oxidation sites excluding steroid dienone is 1. The molecule has 5 aliphatic carbocycles. The second-order valence-electron chi connectivity index (χ2n) is 9.77. The quantitative estimate of drug-likeness (QED) is 0.686. The zero-order valence-corrected chi connectivity index (χ0v) is 15.5. The van der Waals surface area contributed by atoms with Crippen molar-refractivity contribution in [3.63, 3.8) is 0 Å². The zero-order valence-electron chi connectivity index (χ0n) is 15.5. The van der Waals surface area contributed by atoms with Crippen molar-refractivity contribution in [1.82, 2.24) is 0 Å². The number of nitrogens with zero attached hydrogens (tertiary/aromatic N) is 1. The molecule has 5 aliphatic rings. The molecule has 5 rings (SSSR count). The normalized spacial score (nSPS) is 48.8. The summed E-state index contributed by atoms with van der Waals surface area (Å²) in [6, 6.07) is 2.72. The Morgan fingerprint density at radius 2 is 2.00 bits per heavy atom. The third-order valence-electron chi connectivity index (χ3n) is 9.15. The van der Waals surface area contributed by atoms with Gasteiger partial charge in [-0.2, -0.15) is 5.26 Å². The fourth-order valence-electron chi connectivity index (χ4n) is 7.99. The van der Waals surface area contributed by atoms with Crippen molar-refractivity contribution in [2.45, 2.75) is 71.1 Å². The van der Waals surface area contributed by atoms with Gasteiger partial charge in [0, 0.05) is 6.42 Å². The summed E-state index contributed by atoms with van der Waals surface area (Å²) in [6.45, 7) is 2.35. The SMILES string of the molecule is CC[C@]12CC[C@H]3[C@@H]([C@@H](C4CC4)CC4=CC(=O)CC[C@@H]43)[C@@H]1CC[C@@H]2C#N. The van der Waals surface area contributed by atoms with Gasteiger partial charge in [0.05, 0.1) is 12.0 Å². The first kappa shape index (κ1) is 16.1. The van der Waals surface area contributed by atoms with Crippen molar-refractivity contribution in [1.29, 1.82) is 5.26 Å². The van der Waals surface area contributed by atoms with Crippen LogP contribution in [0.1, 0.15) is 71.1 Å². The number of rotatable bonds is 2. The summed E-state index contributed by atoms with van der Waals surface area (Å²) in [6.07, 6.45) is 14.2. The van der Waals surface area contributed by atoms with Crippen molar-refractivity contribution in [2.75, 3.05) is 0 Å². The molecule has 134 valence electrons. The summed E-state index contributed by atoms with van der Waals surface area (Å²) in [5.41, 5.74) is 1.84. The number of fused-ring (bicyclic) bond motifs is 5. The van der Waals surface area contributed by atoms with E-state index >= 15 is 0 Å². The van der Waals surface area contributed by atoms with E-state index in [1.165, 1.54) is 50.5 Å². The van der Waals surface area contributed by atoms with E-state index < -0.39 is 0 Å². The minimum Gasteiger partial charge on any atom is -0.295 e. The van der Waals surface area contributed by atoms with Gasteiger partial charge in [-0.15, -0.1) is 0 Å². The zero-order chi connectivity index (χ0) is 17.2. The minimum atomic E-state index is 0.299. The van der Waals surface area contributed by atoms with Gasteiger partial charge in [-0.05, 0) is 105 Å². The molecule has 0 amide bonds. The van der Waals surface area contributed by atoms with Gasteiger partial charge in [-0.1, -0.05) is 12.5 Å². The molecule has 0 unspecified atom stereocenters. The maximum absolute atomic E-state index is 12.0. The molecule has 25 heavy (non-hydrogen) atoms. The Morgan fingerprint density at radius 3 is 2.72 bits per heavy atom. The lowest BCUT2D eigenvalue weighted by molar-refractivity contribution is -0.116. The van der Waals surface area contributed by atoms with Crippen LogP contribution < -0.4 is 0 Å². The van der Waals surface area contributed by atoms with Crippen molar-refractivity contribution in [3.05, 3.63) is 11.6 Å². The molecule has 7 atom stereocenters. The molecule has 0 N–H and O–H groups in total. The van der Waals surface area contributed by atoms with Crippen molar-refractivity contribution in [3.8, 4) is 6.07 Å².